The van der Waals surface area contributed by atoms with Gasteiger partial charge >= 0.3 is 0 Å². The number of nitrogens with zero attached hydrogens (tertiary/aromatic N) is 1. The summed E-state index contributed by atoms with van der Waals surface area (Å²) >= 11 is 0. The summed E-state index contributed by atoms with van der Waals surface area (Å²) in [5.74, 6) is 0.0282. The average Bonchev–Trinajstić information content (AvgIpc) is 2.39. The number of aliphatic hydroxyl groups is 1. The van der Waals surface area contributed by atoms with Crippen molar-refractivity contribution in [3.8, 4) is 0 Å². The molecule has 4 heteroatoms. The lowest BCUT2D eigenvalue weighted by atomic mass is 9.98. The molecular formula is C14H20N2O2. The van der Waals surface area contributed by atoms with Crippen LogP contribution in [0.4, 0.5) is 5.69 Å². The molecule has 0 spiro atoms. The van der Waals surface area contributed by atoms with Gasteiger partial charge in [0.15, 0.2) is 0 Å². The Morgan fingerprint density at radius 3 is 3.00 bits per heavy atom. The number of rotatable bonds is 3. The predicted octanol–water partition coefficient (Wildman–Crippen LogP) is 1.65. The fourth-order valence-electron chi connectivity index (χ4n) is 2.55. The molecule has 2 rings (SSSR count). The number of nitrogen functional groups attached to an aromatic ring is 1. The first kappa shape index (κ1) is 12.9. The van der Waals surface area contributed by atoms with Gasteiger partial charge in [0.25, 0.3) is 5.91 Å². The molecular weight excluding hydrogens is 228 g/mol. The number of likely N-dealkylation sites (tertiary alicyclic amines) is 1. The van der Waals surface area contributed by atoms with Gasteiger partial charge in [0.2, 0.25) is 0 Å². The van der Waals surface area contributed by atoms with Crippen LogP contribution >= 0.6 is 0 Å². The second-order valence-electron chi connectivity index (χ2n) is 4.79. The van der Waals surface area contributed by atoms with Crippen LogP contribution in [0.5, 0.6) is 0 Å². The maximum absolute atomic E-state index is 12.4. The number of piperidine rings is 1. The molecule has 1 aliphatic rings. The largest absolute Gasteiger partial charge is 0.399 e. The van der Waals surface area contributed by atoms with E-state index in [1.807, 2.05) is 4.90 Å². The molecule has 1 saturated heterocycles. The average molecular weight is 248 g/mol. The maximum Gasteiger partial charge on any atom is 0.254 e. The predicted molar refractivity (Wildman–Crippen MR) is 71.2 cm³/mol. The fraction of sp³-hybridized carbons (Fsp3) is 0.500. The Labute approximate surface area is 107 Å². The van der Waals surface area contributed by atoms with Gasteiger partial charge in [-0.05, 0) is 43.9 Å². The van der Waals surface area contributed by atoms with Crippen molar-refractivity contribution in [3.63, 3.8) is 0 Å². The van der Waals surface area contributed by atoms with Gasteiger partial charge in [-0.1, -0.05) is 6.07 Å². The van der Waals surface area contributed by atoms with E-state index in [9.17, 15) is 4.79 Å². The Morgan fingerprint density at radius 2 is 2.28 bits per heavy atom. The summed E-state index contributed by atoms with van der Waals surface area (Å²) in [6, 6.07) is 7.25. The summed E-state index contributed by atoms with van der Waals surface area (Å²) in [6.45, 7) is 0.906. The van der Waals surface area contributed by atoms with Crippen molar-refractivity contribution in [3.05, 3.63) is 29.8 Å². The second kappa shape index (κ2) is 5.87. The number of aliphatic hydroxyl groups excluding tert-OH is 1. The van der Waals surface area contributed by atoms with E-state index in [0.717, 1.165) is 25.8 Å². The van der Waals surface area contributed by atoms with E-state index in [1.165, 1.54) is 0 Å². The number of hydrogen-bond acceptors (Lipinski definition) is 3. The van der Waals surface area contributed by atoms with Crippen molar-refractivity contribution in [1.29, 1.82) is 0 Å². The first-order valence-electron chi connectivity index (χ1n) is 6.49. The number of amides is 1. The molecule has 0 bridgehead atoms. The molecule has 1 aliphatic heterocycles. The number of carbonyl (C=O) groups excluding carboxylic acids is 1. The van der Waals surface area contributed by atoms with Crippen LogP contribution in [0.2, 0.25) is 0 Å². The first-order chi connectivity index (χ1) is 8.72. The van der Waals surface area contributed by atoms with E-state index >= 15 is 0 Å². The molecule has 1 aromatic rings. The van der Waals surface area contributed by atoms with Crippen LogP contribution in [-0.2, 0) is 0 Å². The molecule has 0 saturated carbocycles. The zero-order valence-electron chi connectivity index (χ0n) is 10.5. The van der Waals surface area contributed by atoms with Crippen LogP contribution in [0.15, 0.2) is 24.3 Å². The van der Waals surface area contributed by atoms with Crippen molar-refractivity contribution in [2.45, 2.75) is 31.7 Å². The molecule has 0 aliphatic carbocycles. The van der Waals surface area contributed by atoms with Gasteiger partial charge in [-0.25, -0.2) is 0 Å². The molecule has 3 N–H and O–H groups in total. The Hall–Kier alpha value is -1.55. The highest BCUT2D eigenvalue weighted by atomic mass is 16.3. The van der Waals surface area contributed by atoms with Crippen LogP contribution in [0.1, 0.15) is 36.0 Å². The number of carbonyl (C=O) groups is 1. The minimum atomic E-state index is 0.0282. The fourth-order valence-corrected chi connectivity index (χ4v) is 2.55. The van der Waals surface area contributed by atoms with Crippen LogP contribution < -0.4 is 5.73 Å². The summed E-state index contributed by atoms with van der Waals surface area (Å²) in [7, 11) is 0. The van der Waals surface area contributed by atoms with Crippen LogP contribution in [0.25, 0.3) is 0 Å². The molecule has 1 atom stereocenters. The highest BCUT2D eigenvalue weighted by Gasteiger charge is 2.26. The molecule has 1 fully saturated rings. The second-order valence-corrected chi connectivity index (χ2v) is 4.79. The van der Waals surface area contributed by atoms with Gasteiger partial charge in [-0.15, -0.1) is 0 Å². The van der Waals surface area contributed by atoms with E-state index in [0.29, 0.717) is 17.7 Å². The molecule has 0 radical (unpaired) electrons. The Kier molecular flexibility index (Phi) is 4.20. The molecule has 1 amide bonds. The number of benzene rings is 1. The topological polar surface area (TPSA) is 66.6 Å². The van der Waals surface area contributed by atoms with Crippen LogP contribution in [-0.4, -0.2) is 35.1 Å². The SMILES string of the molecule is Nc1cccc(C(=O)N2CCCC[C@@H]2CCO)c1. The van der Waals surface area contributed by atoms with Crippen molar-refractivity contribution >= 4 is 11.6 Å². The van der Waals surface area contributed by atoms with Gasteiger partial charge in [0, 0.05) is 30.4 Å². The van der Waals surface area contributed by atoms with Crippen LogP contribution in [0, 0.1) is 0 Å². The third-order valence-corrected chi connectivity index (χ3v) is 3.48. The molecule has 1 heterocycles. The highest BCUT2D eigenvalue weighted by molar-refractivity contribution is 5.95. The minimum Gasteiger partial charge on any atom is -0.399 e. The summed E-state index contributed by atoms with van der Waals surface area (Å²) in [5.41, 5.74) is 6.96. The maximum atomic E-state index is 12.4. The molecule has 98 valence electrons. The molecule has 1 aromatic carbocycles. The van der Waals surface area contributed by atoms with Gasteiger partial charge < -0.3 is 15.7 Å². The lowest BCUT2D eigenvalue weighted by Gasteiger charge is -2.35. The van der Waals surface area contributed by atoms with E-state index in [2.05, 4.69) is 0 Å². The van der Waals surface area contributed by atoms with E-state index in [1.54, 1.807) is 24.3 Å². The lowest BCUT2D eigenvalue weighted by Crippen LogP contribution is -2.44. The van der Waals surface area contributed by atoms with Gasteiger partial charge in [0.05, 0.1) is 0 Å². The monoisotopic (exact) mass is 248 g/mol. The Balaban J connectivity index is 2.15. The van der Waals surface area contributed by atoms with Crippen molar-refractivity contribution in [2.75, 3.05) is 18.9 Å². The first-order valence-corrected chi connectivity index (χ1v) is 6.49. The number of nitrogens with two attached hydrogens (primary N) is 1. The quantitative estimate of drug-likeness (QED) is 0.799. The summed E-state index contributed by atoms with van der Waals surface area (Å²) in [6.07, 6.45) is 3.81. The van der Waals surface area contributed by atoms with E-state index < -0.39 is 0 Å². The Bertz CT molecular complexity index is 418. The zero-order chi connectivity index (χ0) is 13.0. The molecule has 0 unspecified atom stereocenters. The smallest absolute Gasteiger partial charge is 0.254 e. The number of hydrogen-bond donors (Lipinski definition) is 2. The highest BCUT2D eigenvalue weighted by Crippen LogP contribution is 2.22. The normalized spacial score (nSPS) is 19.8. The Morgan fingerprint density at radius 1 is 1.44 bits per heavy atom. The number of anilines is 1. The van der Waals surface area contributed by atoms with Gasteiger partial charge in [-0.2, -0.15) is 0 Å². The van der Waals surface area contributed by atoms with E-state index in [4.69, 9.17) is 10.8 Å². The summed E-state index contributed by atoms with van der Waals surface area (Å²) in [4.78, 5) is 14.3. The van der Waals surface area contributed by atoms with Crippen molar-refractivity contribution < 1.29 is 9.90 Å². The third kappa shape index (κ3) is 2.82. The van der Waals surface area contributed by atoms with Crippen molar-refractivity contribution in [2.24, 2.45) is 0 Å². The van der Waals surface area contributed by atoms with E-state index in [-0.39, 0.29) is 18.6 Å². The lowest BCUT2D eigenvalue weighted by molar-refractivity contribution is 0.0574. The third-order valence-electron chi connectivity index (χ3n) is 3.48. The van der Waals surface area contributed by atoms with Gasteiger partial charge in [-0.3, -0.25) is 4.79 Å². The molecule has 4 nitrogen and oxygen atoms in total. The summed E-state index contributed by atoms with van der Waals surface area (Å²) < 4.78 is 0. The zero-order valence-corrected chi connectivity index (χ0v) is 10.5. The van der Waals surface area contributed by atoms with Gasteiger partial charge in [0.1, 0.15) is 0 Å². The van der Waals surface area contributed by atoms with Crippen molar-refractivity contribution in [1.82, 2.24) is 4.90 Å². The summed E-state index contributed by atoms with van der Waals surface area (Å²) in [5, 5.41) is 9.07. The minimum absolute atomic E-state index is 0.0282. The van der Waals surface area contributed by atoms with Crippen LogP contribution in [0.3, 0.4) is 0 Å². The molecule has 0 aromatic heterocycles. The standard InChI is InChI=1S/C14H20N2O2/c15-12-5-3-4-11(10-12)14(18)16-8-2-1-6-13(16)7-9-17/h3-5,10,13,17H,1-2,6-9,15H2/t13-/m1/s1. The molecule has 18 heavy (non-hydrogen) atoms.